The third-order valence-corrected chi connectivity index (χ3v) is 8.31. The Morgan fingerprint density at radius 3 is 2.26 bits per heavy atom. The van der Waals surface area contributed by atoms with Gasteiger partial charge < -0.3 is 14.7 Å². The van der Waals surface area contributed by atoms with Crippen LogP contribution >= 0.6 is 22.6 Å². The minimum absolute atomic E-state index is 0.162. The van der Waals surface area contributed by atoms with Crippen molar-refractivity contribution in [3.8, 4) is 0 Å². The summed E-state index contributed by atoms with van der Waals surface area (Å²) in [5, 5.41) is 9.94. The fourth-order valence-corrected chi connectivity index (χ4v) is 6.02. The van der Waals surface area contributed by atoms with E-state index in [-0.39, 0.29) is 5.91 Å². The third kappa shape index (κ3) is 5.10. The van der Waals surface area contributed by atoms with Gasteiger partial charge in [-0.3, -0.25) is 4.79 Å². The summed E-state index contributed by atoms with van der Waals surface area (Å²) in [6.45, 7) is 14.8. The molecule has 0 saturated heterocycles. The lowest BCUT2D eigenvalue weighted by atomic mass is 9.74. The summed E-state index contributed by atoms with van der Waals surface area (Å²) < 4.78 is 6.89. The van der Waals surface area contributed by atoms with E-state index in [1.165, 1.54) is 5.56 Å². The molecule has 3 rings (SSSR count). The number of carboxylic acid groups (broad SMARTS) is 1. The highest BCUT2D eigenvalue weighted by Gasteiger charge is 2.38. The van der Waals surface area contributed by atoms with Crippen LogP contribution in [-0.2, 0) is 27.3 Å². The molecule has 0 radical (unpaired) electrons. The number of carbonyl (C=O) groups excluding carboxylic acids is 1. The molecular weight excluding hydrogens is 505 g/mol. The second-order valence-electron chi connectivity index (χ2n) is 11.0. The minimum atomic E-state index is -1.05. The van der Waals surface area contributed by atoms with Gasteiger partial charge in [-0.05, 0) is 111 Å². The van der Waals surface area contributed by atoms with Crippen molar-refractivity contribution in [1.29, 1.82) is 0 Å². The average molecular weight is 541 g/mol. The van der Waals surface area contributed by atoms with Crippen LogP contribution < -0.4 is 0 Å². The molecule has 5 nitrogen and oxygen atoms in total. The van der Waals surface area contributed by atoms with Gasteiger partial charge in [0.2, 0.25) is 5.91 Å². The maximum Gasteiger partial charge on any atom is 0.337 e. The quantitative estimate of drug-likeness (QED) is 0.497. The lowest BCUT2D eigenvalue weighted by molar-refractivity contribution is -0.160. The molecule has 0 spiro atoms. The molecule has 1 fully saturated rings. The Kier molecular flexibility index (Phi) is 6.84. The monoisotopic (exact) mass is 541 g/mol. The third-order valence-electron chi connectivity index (χ3n) is 6.92. The number of hydrogen-bond acceptors (Lipinski definition) is 3. The average Bonchev–Trinajstić information content (AvgIpc) is 2.64. The van der Waals surface area contributed by atoms with Crippen LogP contribution in [0.2, 0.25) is 0 Å². The highest BCUT2D eigenvalue weighted by molar-refractivity contribution is 14.1. The van der Waals surface area contributed by atoms with Gasteiger partial charge in [-0.1, -0.05) is 13.8 Å². The van der Waals surface area contributed by atoms with Gasteiger partial charge in [-0.25, -0.2) is 4.79 Å². The molecule has 0 aromatic heterocycles. The van der Waals surface area contributed by atoms with Crippen molar-refractivity contribution >= 4 is 34.5 Å². The van der Waals surface area contributed by atoms with E-state index in [9.17, 15) is 14.7 Å². The Morgan fingerprint density at radius 1 is 1.16 bits per heavy atom. The van der Waals surface area contributed by atoms with Gasteiger partial charge in [0.1, 0.15) is 0 Å². The number of rotatable bonds is 4. The first-order chi connectivity index (χ1) is 14.2. The van der Waals surface area contributed by atoms with Crippen molar-refractivity contribution in [2.24, 2.45) is 5.41 Å². The van der Waals surface area contributed by atoms with Gasteiger partial charge in [0.15, 0.2) is 6.10 Å². The fourth-order valence-electron chi connectivity index (χ4n) is 5.01. The van der Waals surface area contributed by atoms with Crippen molar-refractivity contribution in [3.05, 3.63) is 31.4 Å². The van der Waals surface area contributed by atoms with Crippen molar-refractivity contribution in [1.82, 2.24) is 4.90 Å². The number of carbonyl (C=O) groups is 2. The van der Waals surface area contributed by atoms with Crippen molar-refractivity contribution < 1.29 is 19.4 Å². The van der Waals surface area contributed by atoms with E-state index >= 15 is 0 Å². The second-order valence-corrected chi connectivity index (χ2v) is 12.1. The molecule has 1 unspecified atom stereocenters. The lowest BCUT2D eigenvalue weighted by Crippen LogP contribution is -2.46. The van der Waals surface area contributed by atoms with E-state index in [1.807, 2.05) is 27.7 Å². The van der Waals surface area contributed by atoms with Crippen molar-refractivity contribution in [3.63, 3.8) is 0 Å². The highest BCUT2D eigenvalue weighted by atomic mass is 127. The Morgan fingerprint density at radius 2 is 1.74 bits per heavy atom. The van der Waals surface area contributed by atoms with Gasteiger partial charge in [0.25, 0.3) is 0 Å². The van der Waals surface area contributed by atoms with Gasteiger partial charge in [0.05, 0.1) is 12.0 Å². The Bertz CT molecular complexity index is 890. The molecule has 2 aliphatic rings. The predicted octanol–water partition coefficient (Wildman–Crippen LogP) is 5.70. The molecule has 1 aromatic carbocycles. The van der Waals surface area contributed by atoms with E-state index in [2.05, 4.69) is 48.3 Å². The van der Waals surface area contributed by atoms with E-state index in [4.69, 9.17) is 4.74 Å². The topological polar surface area (TPSA) is 66.8 Å². The SMILES string of the molecule is Cc1c(I)c(C(OC(C)(C)C)C(=O)O)c(C)c2c1CN(C1CCC(C)(C)CC1)C(=O)C2. The van der Waals surface area contributed by atoms with Gasteiger partial charge in [-0.15, -0.1) is 0 Å². The first-order valence-corrected chi connectivity index (χ1v) is 12.3. The molecule has 31 heavy (non-hydrogen) atoms. The van der Waals surface area contributed by atoms with Crippen LogP contribution in [0, 0.1) is 22.8 Å². The summed E-state index contributed by atoms with van der Waals surface area (Å²) in [7, 11) is 0. The summed E-state index contributed by atoms with van der Waals surface area (Å²) in [5.74, 6) is -0.834. The van der Waals surface area contributed by atoms with Crippen LogP contribution in [0.1, 0.15) is 94.2 Å². The normalized spacial score (nSPS) is 20.5. The van der Waals surface area contributed by atoms with Gasteiger partial charge in [0, 0.05) is 21.7 Å². The van der Waals surface area contributed by atoms with Gasteiger partial charge >= 0.3 is 5.97 Å². The zero-order valence-electron chi connectivity index (χ0n) is 19.9. The van der Waals surface area contributed by atoms with Crippen LogP contribution in [0.3, 0.4) is 0 Å². The number of benzene rings is 1. The minimum Gasteiger partial charge on any atom is -0.479 e. The van der Waals surface area contributed by atoms with Crippen LogP contribution in [0.15, 0.2) is 0 Å². The molecule has 1 atom stereocenters. The number of nitrogens with zero attached hydrogens (tertiary/aromatic N) is 1. The summed E-state index contributed by atoms with van der Waals surface area (Å²) in [4.78, 5) is 27.4. The molecule has 0 bridgehead atoms. The molecule has 1 heterocycles. The van der Waals surface area contributed by atoms with E-state index in [0.29, 0.717) is 30.0 Å². The summed E-state index contributed by atoms with van der Waals surface area (Å²) >= 11 is 2.26. The Balaban J connectivity index is 1.99. The largest absolute Gasteiger partial charge is 0.479 e. The maximum absolute atomic E-state index is 13.2. The van der Waals surface area contributed by atoms with Crippen molar-refractivity contribution in [2.45, 2.75) is 105 Å². The zero-order chi connectivity index (χ0) is 23.3. The lowest BCUT2D eigenvalue weighted by Gasteiger charge is -2.43. The Hall–Kier alpha value is -1.15. The fraction of sp³-hybridized carbons (Fsp3) is 0.680. The number of hydrogen-bond donors (Lipinski definition) is 1. The van der Waals surface area contributed by atoms with Crippen LogP contribution in [0.4, 0.5) is 0 Å². The van der Waals surface area contributed by atoms with Crippen molar-refractivity contribution in [2.75, 3.05) is 0 Å². The summed E-state index contributed by atoms with van der Waals surface area (Å²) in [6.07, 6.45) is 3.70. The number of halogens is 1. The molecular formula is C25H36INO4. The molecule has 6 heteroatoms. The first-order valence-electron chi connectivity index (χ1n) is 11.2. The van der Waals surface area contributed by atoms with E-state index in [1.54, 1.807) is 0 Å². The Labute approximate surface area is 200 Å². The first kappa shape index (κ1) is 24.5. The molecule has 1 aliphatic heterocycles. The number of ether oxygens (including phenoxy) is 1. The molecule has 1 saturated carbocycles. The van der Waals surface area contributed by atoms with Crippen LogP contribution in [0.25, 0.3) is 0 Å². The van der Waals surface area contributed by atoms with Crippen LogP contribution in [0.5, 0.6) is 0 Å². The number of fused-ring (bicyclic) bond motifs is 1. The zero-order valence-corrected chi connectivity index (χ0v) is 22.1. The van der Waals surface area contributed by atoms with E-state index < -0.39 is 17.7 Å². The number of amides is 1. The molecule has 1 aliphatic carbocycles. The summed E-state index contributed by atoms with van der Waals surface area (Å²) in [5.41, 5.74) is 4.61. The molecule has 1 N–H and O–H groups in total. The van der Waals surface area contributed by atoms with Crippen LogP contribution in [-0.4, -0.2) is 33.5 Å². The number of carboxylic acids is 1. The maximum atomic E-state index is 13.2. The highest BCUT2D eigenvalue weighted by Crippen LogP contribution is 2.41. The molecule has 1 amide bonds. The number of aliphatic carboxylic acids is 1. The smallest absolute Gasteiger partial charge is 0.337 e. The van der Waals surface area contributed by atoms with Gasteiger partial charge in [-0.2, -0.15) is 0 Å². The molecule has 172 valence electrons. The predicted molar refractivity (Wildman–Crippen MR) is 130 cm³/mol. The van der Waals surface area contributed by atoms with E-state index in [0.717, 1.165) is 45.9 Å². The summed E-state index contributed by atoms with van der Waals surface area (Å²) in [6, 6.07) is 0.307. The second kappa shape index (κ2) is 8.65. The molecule has 1 aromatic rings. The standard InChI is InChI=1S/C25H36INO4/c1-14-17-12-19(28)27(16-8-10-25(6,7)11-9-16)13-18(17)15(2)21(26)20(14)22(23(29)30)31-24(3,4)5/h16,22H,8-13H2,1-7H3,(H,29,30).